The van der Waals surface area contributed by atoms with Gasteiger partial charge in [-0.05, 0) is 36.4 Å². The van der Waals surface area contributed by atoms with E-state index in [1.54, 1.807) is 12.1 Å². The van der Waals surface area contributed by atoms with E-state index in [0.29, 0.717) is 37.6 Å². The number of hydrogen-bond acceptors (Lipinski definition) is 7. The van der Waals surface area contributed by atoms with E-state index in [0.717, 1.165) is 0 Å². The van der Waals surface area contributed by atoms with E-state index in [1.807, 2.05) is 0 Å². The van der Waals surface area contributed by atoms with E-state index in [2.05, 4.69) is 5.32 Å². The first-order valence-corrected chi connectivity index (χ1v) is 10.7. The molecule has 0 radical (unpaired) electrons. The lowest BCUT2D eigenvalue weighted by atomic mass is 10.2. The van der Waals surface area contributed by atoms with Crippen molar-refractivity contribution in [2.24, 2.45) is 0 Å². The number of sulfonamides is 1. The average Bonchev–Trinajstić information content (AvgIpc) is 2.77. The van der Waals surface area contributed by atoms with Crippen LogP contribution in [-0.4, -0.2) is 63.0 Å². The zero-order chi connectivity index (χ0) is 21.6. The van der Waals surface area contributed by atoms with E-state index in [-0.39, 0.29) is 29.6 Å². The number of nitro benzene ring substituents is 1. The Hall–Kier alpha value is -3.02. The Morgan fingerprint density at radius 2 is 1.73 bits per heavy atom. The number of nitrogens with one attached hydrogen (secondary N) is 1. The van der Waals surface area contributed by atoms with E-state index in [1.165, 1.54) is 40.7 Å². The fourth-order valence-electron chi connectivity index (χ4n) is 2.81. The molecule has 2 aromatic rings. The van der Waals surface area contributed by atoms with Crippen LogP contribution in [0, 0.1) is 10.1 Å². The van der Waals surface area contributed by atoms with Gasteiger partial charge in [-0.2, -0.15) is 4.31 Å². The lowest BCUT2D eigenvalue weighted by molar-refractivity contribution is -0.384. The van der Waals surface area contributed by atoms with Crippen LogP contribution in [0.4, 0.5) is 5.69 Å². The summed E-state index contributed by atoms with van der Waals surface area (Å²) in [5.41, 5.74) is 0.215. The molecule has 160 valence electrons. The van der Waals surface area contributed by atoms with Crippen molar-refractivity contribution in [1.29, 1.82) is 0 Å². The highest BCUT2D eigenvalue weighted by Gasteiger charge is 2.26. The van der Waals surface area contributed by atoms with Crippen LogP contribution in [0.15, 0.2) is 53.4 Å². The van der Waals surface area contributed by atoms with Gasteiger partial charge in [0.2, 0.25) is 10.0 Å². The molecule has 1 aliphatic rings. The van der Waals surface area contributed by atoms with Crippen LogP contribution in [0.25, 0.3) is 0 Å². The highest BCUT2D eigenvalue weighted by Crippen LogP contribution is 2.20. The van der Waals surface area contributed by atoms with Crippen LogP contribution in [0.5, 0.6) is 5.75 Å². The van der Waals surface area contributed by atoms with Crippen molar-refractivity contribution < 1.29 is 27.6 Å². The minimum Gasteiger partial charge on any atom is -0.492 e. The zero-order valence-corrected chi connectivity index (χ0v) is 16.8. The van der Waals surface area contributed by atoms with E-state index >= 15 is 0 Å². The normalized spacial score (nSPS) is 14.8. The van der Waals surface area contributed by atoms with E-state index < -0.39 is 14.9 Å². The number of rotatable bonds is 8. The Bertz CT molecular complexity index is 986. The van der Waals surface area contributed by atoms with Crippen molar-refractivity contribution in [3.8, 4) is 5.75 Å². The second kappa shape index (κ2) is 9.65. The van der Waals surface area contributed by atoms with Crippen LogP contribution >= 0.6 is 0 Å². The Kier molecular flexibility index (Phi) is 6.98. The Balaban J connectivity index is 1.47. The van der Waals surface area contributed by atoms with Crippen LogP contribution < -0.4 is 10.1 Å². The fraction of sp³-hybridized carbons (Fsp3) is 0.316. The number of ether oxygens (including phenoxy) is 2. The second-order valence-corrected chi connectivity index (χ2v) is 8.33. The average molecular weight is 435 g/mol. The van der Waals surface area contributed by atoms with Gasteiger partial charge in [-0.1, -0.05) is 0 Å². The highest BCUT2D eigenvalue weighted by molar-refractivity contribution is 7.89. The van der Waals surface area contributed by atoms with Crippen LogP contribution in [0.2, 0.25) is 0 Å². The third-order valence-electron chi connectivity index (χ3n) is 4.43. The van der Waals surface area contributed by atoms with Gasteiger partial charge in [0, 0.05) is 30.8 Å². The molecule has 11 heteroatoms. The zero-order valence-electron chi connectivity index (χ0n) is 16.0. The van der Waals surface area contributed by atoms with Gasteiger partial charge in [-0.25, -0.2) is 8.42 Å². The lowest BCUT2D eigenvalue weighted by Crippen LogP contribution is -2.40. The number of non-ortho nitro benzene ring substituents is 1. The molecule has 1 heterocycles. The third-order valence-corrected chi connectivity index (χ3v) is 6.34. The van der Waals surface area contributed by atoms with Crippen LogP contribution in [-0.2, 0) is 14.8 Å². The van der Waals surface area contributed by atoms with Gasteiger partial charge in [0.25, 0.3) is 11.6 Å². The molecule has 1 saturated heterocycles. The molecule has 1 fully saturated rings. The SMILES string of the molecule is O=C(NCCOc1ccc(S(=O)(=O)N2CCOCC2)cc1)c1ccc([N+](=O)[O-])cc1. The van der Waals surface area contributed by atoms with Crippen LogP contribution in [0.1, 0.15) is 10.4 Å². The van der Waals surface area contributed by atoms with Gasteiger partial charge >= 0.3 is 0 Å². The molecule has 0 unspecified atom stereocenters. The summed E-state index contributed by atoms with van der Waals surface area (Å²) < 4.78 is 37.2. The molecule has 0 aromatic heterocycles. The molecule has 1 amide bonds. The van der Waals surface area contributed by atoms with Crippen molar-refractivity contribution in [2.45, 2.75) is 4.90 Å². The molecular formula is C19H21N3O7S. The van der Waals surface area contributed by atoms with Crippen molar-refractivity contribution in [3.05, 3.63) is 64.2 Å². The Labute approximate surface area is 173 Å². The van der Waals surface area contributed by atoms with Crippen molar-refractivity contribution >= 4 is 21.6 Å². The minimum absolute atomic E-state index is 0.0889. The van der Waals surface area contributed by atoms with Crippen molar-refractivity contribution in [3.63, 3.8) is 0 Å². The van der Waals surface area contributed by atoms with E-state index in [9.17, 15) is 23.3 Å². The van der Waals surface area contributed by atoms with Crippen molar-refractivity contribution in [1.82, 2.24) is 9.62 Å². The standard InChI is InChI=1S/C19H21N3O7S/c23-19(15-1-3-16(4-2-15)22(24)25)20-9-12-29-17-5-7-18(8-6-17)30(26,27)21-10-13-28-14-11-21/h1-8H,9-14H2,(H,20,23). The van der Waals surface area contributed by atoms with Gasteiger partial charge in [-0.3, -0.25) is 14.9 Å². The van der Waals surface area contributed by atoms with Crippen LogP contribution in [0.3, 0.4) is 0 Å². The molecule has 0 spiro atoms. The van der Waals surface area contributed by atoms with Gasteiger partial charge in [0.1, 0.15) is 12.4 Å². The molecule has 1 aliphatic heterocycles. The van der Waals surface area contributed by atoms with E-state index in [4.69, 9.17) is 9.47 Å². The first kappa shape index (κ1) is 21.7. The molecule has 0 saturated carbocycles. The number of carbonyl (C=O) groups excluding carboxylic acids is 1. The minimum atomic E-state index is -3.56. The molecular weight excluding hydrogens is 414 g/mol. The summed E-state index contributed by atoms with van der Waals surface area (Å²) in [5.74, 6) is 0.0981. The first-order valence-electron chi connectivity index (χ1n) is 9.21. The Morgan fingerprint density at radius 3 is 2.33 bits per heavy atom. The summed E-state index contributed by atoms with van der Waals surface area (Å²) in [6.45, 7) is 1.81. The quantitative estimate of drug-likeness (QED) is 0.377. The number of benzene rings is 2. The maximum atomic E-state index is 12.6. The van der Waals surface area contributed by atoms with Crippen molar-refractivity contribution in [2.75, 3.05) is 39.5 Å². The molecule has 1 N–H and O–H groups in total. The highest BCUT2D eigenvalue weighted by atomic mass is 32.2. The summed E-state index contributed by atoms with van der Waals surface area (Å²) in [6, 6.07) is 11.4. The molecule has 30 heavy (non-hydrogen) atoms. The van der Waals surface area contributed by atoms with Gasteiger partial charge < -0.3 is 14.8 Å². The molecule has 0 aliphatic carbocycles. The monoisotopic (exact) mass is 435 g/mol. The smallest absolute Gasteiger partial charge is 0.269 e. The number of hydrogen-bond donors (Lipinski definition) is 1. The molecule has 2 aromatic carbocycles. The molecule has 0 bridgehead atoms. The predicted molar refractivity (Wildman–Crippen MR) is 107 cm³/mol. The molecule has 10 nitrogen and oxygen atoms in total. The predicted octanol–water partition coefficient (Wildman–Crippen LogP) is 1.42. The summed E-state index contributed by atoms with van der Waals surface area (Å²) in [7, 11) is -3.56. The van der Waals surface area contributed by atoms with Gasteiger partial charge in [0.05, 0.1) is 29.6 Å². The number of amides is 1. The molecule has 0 atom stereocenters. The lowest BCUT2D eigenvalue weighted by Gasteiger charge is -2.26. The maximum Gasteiger partial charge on any atom is 0.269 e. The number of nitro groups is 1. The summed E-state index contributed by atoms with van der Waals surface area (Å²) in [5, 5.41) is 13.3. The largest absolute Gasteiger partial charge is 0.492 e. The third kappa shape index (κ3) is 5.32. The second-order valence-electron chi connectivity index (χ2n) is 6.40. The topological polar surface area (TPSA) is 128 Å². The summed E-state index contributed by atoms with van der Waals surface area (Å²) in [4.78, 5) is 22.3. The number of nitrogens with zero attached hydrogens (tertiary/aromatic N) is 2. The number of carbonyl (C=O) groups is 1. The number of morpholine rings is 1. The van der Waals surface area contributed by atoms with Gasteiger partial charge in [-0.15, -0.1) is 0 Å². The van der Waals surface area contributed by atoms with Gasteiger partial charge in [0.15, 0.2) is 0 Å². The fourth-order valence-corrected chi connectivity index (χ4v) is 4.22. The summed E-state index contributed by atoms with van der Waals surface area (Å²) >= 11 is 0. The first-order chi connectivity index (χ1) is 14.4. The summed E-state index contributed by atoms with van der Waals surface area (Å²) in [6.07, 6.45) is 0. The maximum absolute atomic E-state index is 12.6. The Morgan fingerprint density at radius 1 is 1.10 bits per heavy atom. The molecule has 3 rings (SSSR count).